The predicted molar refractivity (Wildman–Crippen MR) is 83.4 cm³/mol. The number of aromatic nitrogens is 2. The van der Waals surface area contributed by atoms with Gasteiger partial charge in [0.1, 0.15) is 5.76 Å². The Morgan fingerprint density at radius 1 is 1.26 bits per heavy atom. The lowest BCUT2D eigenvalue weighted by molar-refractivity contribution is 0.0482. The fourth-order valence-electron chi connectivity index (χ4n) is 2.84. The molecular formula is C17H20N2O4. The molecule has 6 heteroatoms. The first-order valence-corrected chi connectivity index (χ1v) is 8.06. The van der Waals surface area contributed by atoms with Gasteiger partial charge in [-0.05, 0) is 31.7 Å². The molecule has 2 aromatic heterocycles. The van der Waals surface area contributed by atoms with Crippen molar-refractivity contribution in [2.75, 3.05) is 6.61 Å². The summed E-state index contributed by atoms with van der Waals surface area (Å²) in [7, 11) is 0. The van der Waals surface area contributed by atoms with E-state index in [9.17, 15) is 9.59 Å². The molecule has 2 aromatic rings. The van der Waals surface area contributed by atoms with Crippen LogP contribution in [0, 0.1) is 0 Å². The Labute approximate surface area is 134 Å². The van der Waals surface area contributed by atoms with Crippen molar-refractivity contribution < 1.29 is 14.1 Å². The lowest BCUT2D eigenvalue weighted by Crippen LogP contribution is -2.19. The van der Waals surface area contributed by atoms with Crippen LogP contribution in [0.1, 0.15) is 47.5 Å². The van der Waals surface area contributed by atoms with Crippen molar-refractivity contribution in [1.82, 2.24) is 9.72 Å². The second-order valence-corrected chi connectivity index (χ2v) is 5.72. The molecule has 0 saturated heterocycles. The highest BCUT2D eigenvalue weighted by atomic mass is 16.5. The van der Waals surface area contributed by atoms with Crippen molar-refractivity contribution in [2.45, 2.75) is 45.1 Å². The minimum Gasteiger partial charge on any atom is -0.461 e. The van der Waals surface area contributed by atoms with Gasteiger partial charge in [-0.1, -0.05) is 17.6 Å². The molecule has 0 unspecified atom stereocenters. The van der Waals surface area contributed by atoms with Crippen LogP contribution in [-0.4, -0.2) is 22.3 Å². The van der Waals surface area contributed by atoms with Gasteiger partial charge in [-0.2, -0.15) is 0 Å². The normalized spacial score (nSPS) is 14.1. The van der Waals surface area contributed by atoms with Gasteiger partial charge in [-0.3, -0.25) is 4.79 Å². The second-order valence-electron chi connectivity index (χ2n) is 5.72. The molecule has 0 aliphatic heterocycles. The summed E-state index contributed by atoms with van der Waals surface area (Å²) in [6.07, 6.45) is 7.23. The molecule has 3 rings (SSSR count). The van der Waals surface area contributed by atoms with Gasteiger partial charge in [0, 0.05) is 30.8 Å². The van der Waals surface area contributed by atoms with E-state index in [0.29, 0.717) is 18.7 Å². The number of hydrogen-bond acceptors (Lipinski definition) is 5. The molecule has 2 heterocycles. The molecule has 0 N–H and O–H groups in total. The Morgan fingerprint density at radius 2 is 2.13 bits per heavy atom. The number of aryl methyl sites for hydroxylation is 2. The van der Waals surface area contributed by atoms with Crippen LogP contribution in [-0.2, 0) is 24.1 Å². The number of carbonyl (C=O) groups excluding carboxylic acids is 1. The Bertz CT molecular complexity index is 732. The van der Waals surface area contributed by atoms with Crippen molar-refractivity contribution >= 4 is 5.97 Å². The highest BCUT2D eigenvalue weighted by Crippen LogP contribution is 2.24. The van der Waals surface area contributed by atoms with E-state index in [1.807, 2.05) is 0 Å². The van der Waals surface area contributed by atoms with Crippen LogP contribution in [0.25, 0.3) is 0 Å². The Morgan fingerprint density at radius 3 is 3.00 bits per heavy atom. The average molecular weight is 316 g/mol. The van der Waals surface area contributed by atoms with Crippen LogP contribution in [0.3, 0.4) is 0 Å². The van der Waals surface area contributed by atoms with Gasteiger partial charge >= 0.3 is 5.97 Å². The Kier molecular flexibility index (Phi) is 4.90. The molecule has 1 aliphatic carbocycles. The summed E-state index contributed by atoms with van der Waals surface area (Å²) in [5, 5.41) is 3.89. The first kappa shape index (κ1) is 15.5. The third-order valence-electron chi connectivity index (χ3n) is 4.07. The second kappa shape index (κ2) is 7.26. The highest BCUT2D eigenvalue weighted by molar-refractivity contribution is 5.89. The molecule has 6 nitrogen and oxygen atoms in total. The third kappa shape index (κ3) is 3.70. The summed E-state index contributed by atoms with van der Waals surface area (Å²) < 4.78 is 12.2. The maximum Gasteiger partial charge on any atom is 0.360 e. The minimum atomic E-state index is -0.433. The monoisotopic (exact) mass is 316 g/mol. The maximum atomic E-state index is 12.2. The van der Waals surface area contributed by atoms with Crippen LogP contribution in [0.2, 0.25) is 0 Å². The summed E-state index contributed by atoms with van der Waals surface area (Å²) in [6, 6.07) is 5.02. The van der Waals surface area contributed by atoms with E-state index >= 15 is 0 Å². The van der Waals surface area contributed by atoms with Gasteiger partial charge in [-0.15, -0.1) is 0 Å². The molecule has 1 aliphatic rings. The molecular weight excluding hydrogens is 296 g/mol. The summed E-state index contributed by atoms with van der Waals surface area (Å²) in [6.45, 7) is 0.770. The van der Waals surface area contributed by atoms with E-state index < -0.39 is 5.97 Å². The summed E-state index contributed by atoms with van der Waals surface area (Å²) in [4.78, 5) is 23.7. The SMILES string of the molecule is O=C(OCCCn1ccccc1=O)c1noc2c1CCCCC2. The fourth-order valence-corrected chi connectivity index (χ4v) is 2.84. The molecule has 0 spiro atoms. The molecule has 0 amide bonds. The molecule has 0 aromatic carbocycles. The van der Waals surface area contributed by atoms with Crippen molar-refractivity contribution in [2.24, 2.45) is 0 Å². The van der Waals surface area contributed by atoms with E-state index in [1.54, 1.807) is 22.9 Å². The first-order valence-electron chi connectivity index (χ1n) is 8.06. The quantitative estimate of drug-likeness (QED) is 0.481. The molecule has 122 valence electrons. The van der Waals surface area contributed by atoms with E-state index in [1.165, 1.54) is 6.07 Å². The smallest absolute Gasteiger partial charge is 0.360 e. The number of carbonyl (C=O) groups is 1. The topological polar surface area (TPSA) is 74.3 Å². The predicted octanol–water partition coefficient (Wildman–Crippen LogP) is 2.35. The van der Waals surface area contributed by atoms with Gasteiger partial charge in [0.05, 0.1) is 6.61 Å². The lowest BCUT2D eigenvalue weighted by atomic mass is 10.1. The van der Waals surface area contributed by atoms with E-state index in [2.05, 4.69) is 5.16 Å². The van der Waals surface area contributed by atoms with Crippen LogP contribution >= 0.6 is 0 Å². The van der Waals surface area contributed by atoms with Crippen LogP contribution in [0.15, 0.2) is 33.7 Å². The fraction of sp³-hybridized carbons (Fsp3) is 0.471. The Hall–Kier alpha value is -2.37. The lowest BCUT2D eigenvalue weighted by Gasteiger charge is -2.06. The van der Waals surface area contributed by atoms with E-state index in [4.69, 9.17) is 9.26 Å². The Balaban J connectivity index is 1.53. The number of esters is 1. The average Bonchev–Trinajstić information content (AvgIpc) is 2.82. The van der Waals surface area contributed by atoms with Gasteiger partial charge in [0.25, 0.3) is 0 Å². The molecule has 23 heavy (non-hydrogen) atoms. The number of rotatable bonds is 5. The summed E-state index contributed by atoms with van der Waals surface area (Å²) >= 11 is 0. The summed E-state index contributed by atoms with van der Waals surface area (Å²) in [5.74, 6) is 0.391. The van der Waals surface area contributed by atoms with Gasteiger partial charge in [0.15, 0.2) is 5.69 Å². The zero-order chi connectivity index (χ0) is 16.1. The van der Waals surface area contributed by atoms with Gasteiger partial charge in [0.2, 0.25) is 5.56 Å². The number of ether oxygens (including phenoxy) is 1. The highest BCUT2D eigenvalue weighted by Gasteiger charge is 2.23. The van der Waals surface area contributed by atoms with Crippen LogP contribution < -0.4 is 5.56 Å². The number of nitrogens with zero attached hydrogens (tertiary/aromatic N) is 2. The van der Waals surface area contributed by atoms with Crippen LogP contribution in [0.4, 0.5) is 0 Å². The molecule has 0 fully saturated rings. The standard InChI is InChI=1S/C17H20N2O4/c20-15-9-4-5-10-19(15)11-6-12-22-17(21)16-13-7-2-1-3-8-14(13)23-18-16/h4-5,9-10H,1-3,6-8,11-12H2. The maximum absolute atomic E-state index is 12.2. The van der Waals surface area contributed by atoms with Gasteiger partial charge in [-0.25, -0.2) is 4.79 Å². The van der Waals surface area contributed by atoms with Crippen molar-refractivity contribution in [3.63, 3.8) is 0 Å². The number of hydrogen-bond donors (Lipinski definition) is 0. The third-order valence-corrected chi connectivity index (χ3v) is 4.07. The summed E-state index contributed by atoms with van der Waals surface area (Å²) in [5.41, 5.74) is 1.17. The molecule has 0 saturated carbocycles. The minimum absolute atomic E-state index is 0.0550. The molecule has 0 bridgehead atoms. The molecule has 0 atom stereocenters. The van der Waals surface area contributed by atoms with Crippen molar-refractivity contribution in [1.29, 1.82) is 0 Å². The first-order chi connectivity index (χ1) is 11.3. The van der Waals surface area contributed by atoms with Crippen molar-refractivity contribution in [3.05, 3.63) is 51.8 Å². The van der Waals surface area contributed by atoms with Gasteiger partial charge < -0.3 is 13.8 Å². The number of fused-ring (bicyclic) bond motifs is 1. The molecule has 0 radical (unpaired) electrons. The largest absolute Gasteiger partial charge is 0.461 e. The zero-order valence-electron chi connectivity index (χ0n) is 13.0. The van der Waals surface area contributed by atoms with Crippen molar-refractivity contribution in [3.8, 4) is 0 Å². The van der Waals surface area contributed by atoms with E-state index in [-0.39, 0.29) is 12.2 Å². The van der Waals surface area contributed by atoms with E-state index in [0.717, 1.165) is 43.4 Å². The zero-order valence-corrected chi connectivity index (χ0v) is 13.0. The van der Waals surface area contributed by atoms with Crippen LogP contribution in [0.5, 0.6) is 0 Å². The number of pyridine rings is 1.